The molecule has 0 radical (unpaired) electrons. The Morgan fingerprint density at radius 3 is 2.88 bits per heavy atom. The fourth-order valence-electron chi connectivity index (χ4n) is 1.04. The van der Waals surface area contributed by atoms with E-state index in [1.807, 2.05) is 0 Å². The van der Waals surface area contributed by atoms with Crippen LogP contribution in [0.25, 0.3) is 6.20 Å². The Hall–Kier alpha value is -0.950. The number of halogens is 3. The van der Waals surface area contributed by atoms with Crippen LogP contribution in [0.15, 0.2) is 19.0 Å². The van der Waals surface area contributed by atoms with Crippen molar-refractivity contribution < 1.29 is 13.2 Å². The van der Waals surface area contributed by atoms with Gasteiger partial charge in [0.05, 0.1) is 6.20 Å². The second-order valence-electron chi connectivity index (χ2n) is 2.98. The zero-order chi connectivity index (χ0) is 12.0. The minimum absolute atomic E-state index is 0.0130. The van der Waals surface area contributed by atoms with Crippen LogP contribution in [0.5, 0.6) is 0 Å². The van der Waals surface area contributed by atoms with Gasteiger partial charge in [-0.2, -0.15) is 18.3 Å². The summed E-state index contributed by atoms with van der Waals surface area (Å²) in [4.78, 5) is 0. The lowest BCUT2D eigenvalue weighted by Gasteiger charge is -2.05. The van der Waals surface area contributed by atoms with E-state index in [4.69, 9.17) is 0 Å². The summed E-state index contributed by atoms with van der Waals surface area (Å²) in [6.07, 6.45) is 4.95. The van der Waals surface area contributed by atoms with E-state index >= 15 is 0 Å². The first-order valence-corrected chi connectivity index (χ1v) is 5.57. The summed E-state index contributed by atoms with van der Waals surface area (Å²) in [5.74, 6) is 0.0130. The zero-order valence-corrected chi connectivity index (χ0v) is 9.31. The Kier molecular flexibility index (Phi) is 4.88. The topological polar surface area (TPSA) is 29.9 Å². The highest BCUT2D eigenvalue weighted by molar-refractivity contribution is 8.00. The molecule has 0 atom stereocenters. The molecule has 0 fully saturated rings. The molecule has 0 amide bonds. The van der Waals surface area contributed by atoms with E-state index in [0.717, 1.165) is 5.56 Å². The van der Waals surface area contributed by atoms with Gasteiger partial charge < -0.3 is 5.32 Å². The van der Waals surface area contributed by atoms with Crippen LogP contribution in [-0.2, 0) is 6.54 Å². The van der Waals surface area contributed by atoms with E-state index in [2.05, 4.69) is 17.0 Å². The van der Waals surface area contributed by atoms with Crippen LogP contribution < -0.4 is 5.32 Å². The maximum absolute atomic E-state index is 11.8. The van der Waals surface area contributed by atoms with Crippen molar-refractivity contribution in [2.75, 3.05) is 12.3 Å². The number of alkyl halides is 3. The van der Waals surface area contributed by atoms with Crippen LogP contribution in [-0.4, -0.2) is 27.6 Å². The van der Waals surface area contributed by atoms with Crippen molar-refractivity contribution in [1.29, 1.82) is 0 Å². The van der Waals surface area contributed by atoms with Crippen molar-refractivity contribution >= 4 is 18.0 Å². The van der Waals surface area contributed by atoms with Gasteiger partial charge in [-0.3, -0.25) is 0 Å². The maximum atomic E-state index is 11.8. The molecule has 0 aliphatic carbocycles. The summed E-state index contributed by atoms with van der Waals surface area (Å²) < 4.78 is 36.8. The molecule has 0 unspecified atom stereocenters. The van der Waals surface area contributed by atoms with E-state index in [0.29, 0.717) is 13.1 Å². The van der Waals surface area contributed by atoms with Crippen LogP contribution >= 0.6 is 11.8 Å². The van der Waals surface area contributed by atoms with Crippen LogP contribution in [0.3, 0.4) is 0 Å². The van der Waals surface area contributed by atoms with Gasteiger partial charge >= 0.3 is 5.51 Å². The predicted octanol–water partition coefficient (Wildman–Crippen LogP) is 2.33. The highest BCUT2D eigenvalue weighted by atomic mass is 32.2. The van der Waals surface area contributed by atoms with E-state index in [9.17, 15) is 13.2 Å². The monoisotopic (exact) mass is 251 g/mol. The molecule has 3 nitrogen and oxygen atoms in total. The first kappa shape index (κ1) is 13.1. The van der Waals surface area contributed by atoms with Crippen LogP contribution in [0.1, 0.15) is 5.56 Å². The van der Waals surface area contributed by atoms with Crippen molar-refractivity contribution in [2.24, 2.45) is 0 Å². The lowest BCUT2D eigenvalue weighted by molar-refractivity contribution is -0.0327. The van der Waals surface area contributed by atoms with E-state index in [1.165, 1.54) is 0 Å². The summed E-state index contributed by atoms with van der Waals surface area (Å²) in [5.41, 5.74) is -3.23. The smallest absolute Gasteiger partial charge is 0.312 e. The molecule has 1 heterocycles. The fourth-order valence-corrected chi connectivity index (χ4v) is 1.52. The molecule has 16 heavy (non-hydrogen) atoms. The van der Waals surface area contributed by atoms with Crippen molar-refractivity contribution in [3.05, 3.63) is 24.5 Å². The molecular weight excluding hydrogens is 239 g/mol. The molecule has 90 valence electrons. The second kappa shape index (κ2) is 5.95. The number of nitrogens with zero attached hydrogens (tertiary/aromatic N) is 2. The molecular formula is C9H12F3N3S. The first-order valence-electron chi connectivity index (χ1n) is 4.58. The lowest BCUT2D eigenvalue weighted by atomic mass is 10.3. The lowest BCUT2D eigenvalue weighted by Crippen LogP contribution is -2.18. The van der Waals surface area contributed by atoms with Gasteiger partial charge in [-0.05, 0) is 11.8 Å². The van der Waals surface area contributed by atoms with Crippen LogP contribution in [0.2, 0.25) is 0 Å². The Labute approximate surface area is 95.7 Å². The third-order valence-electron chi connectivity index (χ3n) is 1.72. The van der Waals surface area contributed by atoms with Crippen molar-refractivity contribution in [1.82, 2.24) is 15.1 Å². The Morgan fingerprint density at radius 1 is 1.56 bits per heavy atom. The van der Waals surface area contributed by atoms with E-state index < -0.39 is 5.51 Å². The molecule has 0 bridgehead atoms. The predicted molar refractivity (Wildman–Crippen MR) is 58.8 cm³/mol. The minimum Gasteiger partial charge on any atom is -0.312 e. The number of hydrogen-bond acceptors (Lipinski definition) is 3. The van der Waals surface area contributed by atoms with Crippen LogP contribution in [0.4, 0.5) is 13.2 Å². The molecule has 0 aromatic carbocycles. The minimum atomic E-state index is -4.14. The molecule has 0 aliphatic rings. The molecule has 1 N–H and O–H groups in total. The van der Waals surface area contributed by atoms with Gasteiger partial charge in [0.25, 0.3) is 0 Å². The maximum Gasteiger partial charge on any atom is 0.441 e. The number of thioether (sulfide) groups is 1. The third-order valence-corrected chi connectivity index (χ3v) is 2.45. The summed E-state index contributed by atoms with van der Waals surface area (Å²) in [7, 11) is 0. The van der Waals surface area contributed by atoms with Gasteiger partial charge in [0.2, 0.25) is 0 Å². The molecule has 7 heteroatoms. The highest BCUT2D eigenvalue weighted by Gasteiger charge is 2.27. The Bertz CT molecular complexity index is 335. The van der Waals surface area contributed by atoms with Gasteiger partial charge in [0, 0.05) is 36.8 Å². The second-order valence-corrected chi connectivity index (χ2v) is 4.14. The average Bonchev–Trinajstić information content (AvgIpc) is 2.63. The molecule has 1 aromatic rings. The summed E-state index contributed by atoms with van der Waals surface area (Å²) in [5, 5.41) is 6.85. The first-order chi connectivity index (χ1) is 7.51. The molecule has 0 saturated carbocycles. The zero-order valence-electron chi connectivity index (χ0n) is 8.50. The number of aromatic nitrogens is 2. The van der Waals surface area contributed by atoms with Gasteiger partial charge in [0.15, 0.2) is 0 Å². The number of hydrogen-bond donors (Lipinski definition) is 1. The molecule has 0 saturated heterocycles. The highest BCUT2D eigenvalue weighted by Crippen LogP contribution is 2.29. The van der Waals surface area contributed by atoms with Crippen molar-refractivity contribution in [2.45, 2.75) is 12.1 Å². The van der Waals surface area contributed by atoms with Gasteiger partial charge in [-0.1, -0.05) is 6.58 Å². The van der Waals surface area contributed by atoms with E-state index in [-0.39, 0.29) is 17.5 Å². The normalized spacial score (nSPS) is 11.7. The fraction of sp³-hybridized carbons (Fsp3) is 0.444. The van der Waals surface area contributed by atoms with Gasteiger partial charge in [-0.15, -0.1) is 0 Å². The Morgan fingerprint density at radius 2 is 2.31 bits per heavy atom. The van der Waals surface area contributed by atoms with Crippen molar-refractivity contribution in [3.63, 3.8) is 0 Å². The molecule has 1 aromatic heterocycles. The average molecular weight is 251 g/mol. The Balaban J connectivity index is 2.14. The molecule has 0 aliphatic heterocycles. The van der Waals surface area contributed by atoms with Gasteiger partial charge in [0.1, 0.15) is 0 Å². The number of nitrogens with one attached hydrogen (secondary N) is 1. The van der Waals surface area contributed by atoms with Crippen molar-refractivity contribution in [3.8, 4) is 0 Å². The number of rotatable bonds is 6. The van der Waals surface area contributed by atoms with E-state index in [1.54, 1.807) is 23.3 Å². The van der Waals surface area contributed by atoms with Gasteiger partial charge in [-0.25, -0.2) is 4.68 Å². The standard InChI is InChI=1S/C9H12F3N3S/c1-2-15-7-8(6-14-15)5-13-3-4-16-9(10,11)12/h2,6-7,13H,1,3-5H2. The van der Waals surface area contributed by atoms with Crippen LogP contribution in [0, 0.1) is 0 Å². The molecule has 0 spiro atoms. The molecule has 1 rings (SSSR count). The summed E-state index contributed by atoms with van der Waals surface area (Å²) >= 11 is -0.0211. The summed E-state index contributed by atoms with van der Waals surface area (Å²) in [6.45, 7) is 4.35. The third kappa shape index (κ3) is 5.22. The quantitative estimate of drug-likeness (QED) is 0.787. The largest absolute Gasteiger partial charge is 0.441 e. The SMILES string of the molecule is C=Cn1cc(CNCCSC(F)(F)F)cn1. The summed E-state index contributed by atoms with van der Waals surface area (Å²) in [6, 6.07) is 0.